The fraction of sp³-hybridized carbons (Fsp3) is 0.600. The highest BCUT2D eigenvalue weighted by Gasteiger charge is 2.23. The topological polar surface area (TPSA) is 30.5 Å². The molecule has 0 amide bonds. The zero-order valence-electron chi connectivity index (χ0n) is 10.7. The van der Waals surface area contributed by atoms with Gasteiger partial charge in [-0.1, -0.05) is 18.2 Å². The Hall–Kier alpha value is -1.06. The Bertz CT molecular complexity index is 388. The molecule has 0 saturated carbocycles. The van der Waals surface area contributed by atoms with Crippen molar-refractivity contribution in [1.29, 1.82) is 0 Å². The van der Waals surface area contributed by atoms with E-state index in [0.717, 1.165) is 38.5 Å². The molecular weight excluding hydrogens is 226 g/mol. The summed E-state index contributed by atoms with van der Waals surface area (Å²) in [6.45, 7) is 3.78. The lowest BCUT2D eigenvalue weighted by atomic mass is 9.94. The fourth-order valence-corrected chi connectivity index (χ4v) is 2.80. The molecule has 3 nitrogen and oxygen atoms in total. The first-order chi connectivity index (χ1) is 8.93. The maximum absolute atomic E-state index is 6.06. The number of nitrogens with one attached hydrogen (secondary N) is 1. The molecule has 0 radical (unpaired) electrons. The molecule has 0 aromatic heterocycles. The third kappa shape index (κ3) is 2.68. The molecule has 98 valence electrons. The maximum atomic E-state index is 6.06. The van der Waals surface area contributed by atoms with Crippen molar-refractivity contribution in [2.45, 2.75) is 31.3 Å². The van der Waals surface area contributed by atoms with Gasteiger partial charge in [0.1, 0.15) is 5.75 Å². The lowest BCUT2D eigenvalue weighted by Gasteiger charge is -2.29. The number of benzene rings is 1. The van der Waals surface area contributed by atoms with Gasteiger partial charge in [0.15, 0.2) is 0 Å². The van der Waals surface area contributed by atoms with E-state index >= 15 is 0 Å². The average molecular weight is 247 g/mol. The predicted molar refractivity (Wildman–Crippen MR) is 71.1 cm³/mol. The number of fused-ring (bicyclic) bond motifs is 1. The van der Waals surface area contributed by atoms with Crippen LogP contribution in [0.25, 0.3) is 0 Å². The van der Waals surface area contributed by atoms with Crippen molar-refractivity contribution < 1.29 is 9.47 Å². The van der Waals surface area contributed by atoms with Gasteiger partial charge in [-0.15, -0.1) is 0 Å². The van der Waals surface area contributed by atoms with Crippen molar-refractivity contribution in [1.82, 2.24) is 5.32 Å². The van der Waals surface area contributed by atoms with Gasteiger partial charge in [-0.05, 0) is 37.4 Å². The van der Waals surface area contributed by atoms with Gasteiger partial charge in [0.05, 0.1) is 19.3 Å². The zero-order valence-corrected chi connectivity index (χ0v) is 10.7. The van der Waals surface area contributed by atoms with Crippen LogP contribution in [0.3, 0.4) is 0 Å². The molecule has 18 heavy (non-hydrogen) atoms. The Morgan fingerprint density at radius 3 is 3.11 bits per heavy atom. The minimum absolute atomic E-state index is 0.397. The molecule has 3 heteroatoms. The molecule has 2 aliphatic rings. The van der Waals surface area contributed by atoms with Crippen LogP contribution in [0.2, 0.25) is 0 Å². The normalized spacial score (nSPS) is 27.3. The van der Waals surface area contributed by atoms with E-state index in [1.54, 1.807) is 0 Å². The lowest BCUT2D eigenvalue weighted by molar-refractivity contribution is 0.0226. The number of hydrogen-bond acceptors (Lipinski definition) is 3. The van der Waals surface area contributed by atoms with Crippen molar-refractivity contribution >= 4 is 0 Å². The standard InChI is InChI=1S/C15H21NO2/c1-2-6-15-14(5-1)12(7-9-17-15)11-18-13-4-3-8-16-10-13/h1-2,5-6,12-13,16H,3-4,7-11H2. The van der Waals surface area contributed by atoms with E-state index in [1.807, 2.05) is 6.07 Å². The summed E-state index contributed by atoms with van der Waals surface area (Å²) in [6, 6.07) is 8.35. The number of rotatable bonds is 3. The second-order valence-corrected chi connectivity index (χ2v) is 5.17. The van der Waals surface area contributed by atoms with Gasteiger partial charge in [-0.2, -0.15) is 0 Å². The van der Waals surface area contributed by atoms with Crippen molar-refractivity contribution in [3.63, 3.8) is 0 Å². The van der Waals surface area contributed by atoms with Gasteiger partial charge in [-0.25, -0.2) is 0 Å². The summed E-state index contributed by atoms with van der Waals surface area (Å²) in [7, 11) is 0. The predicted octanol–water partition coefficient (Wildman–Crippen LogP) is 2.32. The largest absolute Gasteiger partial charge is 0.493 e. The summed E-state index contributed by atoms with van der Waals surface area (Å²) in [6.07, 6.45) is 3.89. The Morgan fingerprint density at radius 1 is 1.28 bits per heavy atom. The second-order valence-electron chi connectivity index (χ2n) is 5.17. The van der Waals surface area contributed by atoms with E-state index in [0.29, 0.717) is 12.0 Å². The van der Waals surface area contributed by atoms with Gasteiger partial charge in [0.25, 0.3) is 0 Å². The molecule has 1 saturated heterocycles. The third-order valence-corrected chi connectivity index (χ3v) is 3.87. The fourth-order valence-electron chi connectivity index (χ4n) is 2.80. The first-order valence-electron chi connectivity index (χ1n) is 6.97. The lowest BCUT2D eigenvalue weighted by Crippen LogP contribution is -2.36. The molecule has 3 rings (SSSR count). The smallest absolute Gasteiger partial charge is 0.122 e. The van der Waals surface area contributed by atoms with Crippen LogP contribution in [0.1, 0.15) is 30.7 Å². The molecule has 2 aliphatic heterocycles. The second kappa shape index (κ2) is 5.72. The van der Waals surface area contributed by atoms with Crippen LogP contribution in [0.15, 0.2) is 24.3 Å². The van der Waals surface area contributed by atoms with Crippen LogP contribution in [-0.4, -0.2) is 32.4 Å². The van der Waals surface area contributed by atoms with Gasteiger partial charge in [0.2, 0.25) is 0 Å². The van der Waals surface area contributed by atoms with Gasteiger partial charge < -0.3 is 14.8 Å². The Morgan fingerprint density at radius 2 is 2.22 bits per heavy atom. The summed E-state index contributed by atoms with van der Waals surface area (Å²) in [5.41, 5.74) is 1.31. The molecule has 1 aromatic rings. The van der Waals surface area contributed by atoms with Crippen LogP contribution >= 0.6 is 0 Å². The molecule has 2 unspecified atom stereocenters. The molecule has 2 heterocycles. The Labute approximate surface area is 108 Å². The van der Waals surface area contributed by atoms with E-state index in [-0.39, 0.29) is 0 Å². The Kier molecular flexibility index (Phi) is 3.81. The average Bonchev–Trinajstić information content (AvgIpc) is 2.46. The van der Waals surface area contributed by atoms with Gasteiger partial charge >= 0.3 is 0 Å². The molecule has 1 fully saturated rings. The molecule has 1 aromatic carbocycles. The number of para-hydroxylation sites is 1. The SMILES string of the molecule is c1ccc2c(c1)OCCC2COC1CCCNC1. The Balaban J connectivity index is 1.60. The van der Waals surface area contributed by atoms with Crippen LogP contribution in [0.4, 0.5) is 0 Å². The summed E-state index contributed by atoms with van der Waals surface area (Å²) in [5.74, 6) is 1.54. The number of hydrogen-bond donors (Lipinski definition) is 1. The van der Waals surface area contributed by atoms with E-state index in [2.05, 4.69) is 23.5 Å². The first kappa shape index (κ1) is 12.0. The maximum Gasteiger partial charge on any atom is 0.122 e. The van der Waals surface area contributed by atoms with Crippen LogP contribution in [-0.2, 0) is 4.74 Å². The molecule has 0 bridgehead atoms. The van der Waals surface area contributed by atoms with Crippen molar-refractivity contribution in [3.8, 4) is 5.75 Å². The molecule has 0 spiro atoms. The molecule has 1 N–H and O–H groups in total. The first-order valence-corrected chi connectivity index (χ1v) is 6.97. The highest BCUT2D eigenvalue weighted by atomic mass is 16.5. The van der Waals surface area contributed by atoms with Crippen molar-refractivity contribution in [3.05, 3.63) is 29.8 Å². The summed E-state index contributed by atoms with van der Waals surface area (Å²) in [5, 5.41) is 3.39. The summed E-state index contributed by atoms with van der Waals surface area (Å²) < 4.78 is 11.7. The van der Waals surface area contributed by atoms with Crippen molar-refractivity contribution in [2.24, 2.45) is 0 Å². The molecular formula is C15H21NO2. The number of piperidine rings is 1. The van der Waals surface area contributed by atoms with Crippen LogP contribution < -0.4 is 10.1 Å². The minimum atomic E-state index is 0.397. The summed E-state index contributed by atoms with van der Waals surface area (Å²) >= 11 is 0. The van der Waals surface area contributed by atoms with E-state index in [4.69, 9.17) is 9.47 Å². The molecule has 0 aliphatic carbocycles. The van der Waals surface area contributed by atoms with Crippen LogP contribution in [0, 0.1) is 0 Å². The van der Waals surface area contributed by atoms with Gasteiger partial charge in [-0.3, -0.25) is 0 Å². The van der Waals surface area contributed by atoms with E-state index in [9.17, 15) is 0 Å². The van der Waals surface area contributed by atoms with Crippen molar-refractivity contribution in [2.75, 3.05) is 26.3 Å². The highest BCUT2D eigenvalue weighted by Crippen LogP contribution is 2.33. The quantitative estimate of drug-likeness (QED) is 0.889. The van der Waals surface area contributed by atoms with E-state index < -0.39 is 0 Å². The van der Waals surface area contributed by atoms with E-state index in [1.165, 1.54) is 18.4 Å². The molecule has 2 atom stereocenters. The highest BCUT2D eigenvalue weighted by molar-refractivity contribution is 5.37. The monoisotopic (exact) mass is 247 g/mol. The zero-order chi connectivity index (χ0) is 12.2. The minimum Gasteiger partial charge on any atom is -0.493 e. The van der Waals surface area contributed by atoms with Crippen LogP contribution in [0.5, 0.6) is 5.75 Å². The van der Waals surface area contributed by atoms with Gasteiger partial charge in [0, 0.05) is 12.5 Å². The number of ether oxygens (including phenoxy) is 2. The third-order valence-electron chi connectivity index (χ3n) is 3.87. The summed E-state index contributed by atoms with van der Waals surface area (Å²) in [4.78, 5) is 0.